The van der Waals surface area contributed by atoms with Crippen molar-refractivity contribution in [3.8, 4) is 6.07 Å². The third kappa shape index (κ3) is 2.64. The minimum Gasteiger partial charge on any atom is -0.266 e. The van der Waals surface area contributed by atoms with E-state index in [2.05, 4.69) is 10.1 Å². The van der Waals surface area contributed by atoms with Gasteiger partial charge >= 0.3 is 0 Å². The van der Waals surface area contributed by atoms with E-state index in [0.29, 0.717) is 17.0 Å². The highest BCUT2D eigenvalue weighted by Gasteiger charge is 2.08. The zero-order valence-corrected chi connectivity index (χ0v) is 11.6. The minimum absolute atomic E-state index is 0.116. The summed E-state index contributed by atoms with van der Waals surface area (Å²) in [5.74, 6) is 0. The van der Waals surface area contributed by atoms with Gasteiger partial charge < -0.3 is 0 Å². The van der Waals surface area contributed by atoms with E-state index in [1.165, 1.54) is 10.9 Å². The van der Waals surface area contributed by atoms with Crippen molar-refractivity contribution in [2.75, 3.05) is 0 Å². The summed E-state index contributed by atoms with van der Waals surface area (Å²) in [6.45, 7) is 5.40. The fourth-order valence-electron chi connectivity index (χ4n) is 1.91. The first-order valence-corrected chi connectivity index (χ1v) is 6.14. The highest BCUT2D eigenvalue weighted by Crippen LogP contribution is 2.05. The summed E-state index contributed by atoms with van der Waals surface area (Å²) in [7, 11) is 0. The fraction of sp³-hybridized carbons (Fsp3) is 0.200. The van der Waals surface area contributed by atoms with Gasteiger partial charge in [0.05, 0.1) is 11.9 Å². The van der Waals surface area contributed by atoms with Crippen molar-refractivity contribution in [1.29, 1.82) is 5.26 Å². The number of nitrogens with zero attached hydrogens (tertiary/aromatic N) is 4. The fourth-order valence-corrected chi connectivity index (χ4v) is 1.91. The van der Waals surface area contributed by atoms with Gasteiger partial charge in [-0.15, -0.1) is 0 Å². The molecule has 20 heavy (non-hydrogen) atoms. The molecule has 2 heterocycles. The Balaban J connectivity index is 2.50. The minimum atomic E-state index is -0.408. The van der Waals surface area contributed by atoms with Gasteiger partial charge in [-0.25, -0.2) is 4.68 Å². The lowest BCUT2D eigenvalue weighted by Gasteiger charge is -2.06. The summed E-state index contributed by atoms with van der Waals surface area (Å²) >= 11 is 0. The maximum atomic E-state index is 12.1. The normalized spacial score (nSPS) is 10.7. The monoisotopic (exact) mass is 266 g/mol. The Morgan fingerprint density at radius 2 is 2.10 bits per heavy atom. The number of hydrogen-bond donors (Lipinski definition) is 0. The zero-order chi connectivity index (χ0) is 14.7. The molecular formula is C15H14N4O. The van der Waals surface area contributed by atoms with Crippen LogP contribution in [-0.2, 0) is 0 Å². The van der Waals surface area contributed by atoms with Crippen molar-refractivity contribution in [2.45, 2.75) is 20.8 Å². The number of nitriles is 1. The molecule has 0 radical (unpaired) electrons. The molecule has 0 saturated heterocycles. The van der Waals surface area contributed by atoms with Crippen LogP contribution < -0.4 is 5.56 Å². The lowest BCUT2D eigenvalue weighted by molar-refractivity contribution is 0.786. The van der Waals surface area contributed by atoms with Crippen LogP contribution in [0, 0.1) is 32.1 Å². The molecule has 0 aromatic carbocycles. The predicted molar refractivity (Wildman–Crippen MR) is 76.9 cm³/mol. The molecule has 0 unspecified atom stereocenters. The summed E-state index contributed by atoms with van der Waals surface area (Å²) in [6.07, 6.45) is 1.51. The van der Waals surface area contributed by atoms with Crippen molar-refractivity contribution in [3.05, 3.63) is 62.8 Å². The topological polar surface area (TPSA) is 71.0 Å². The maximum absolute atomic E-state index is 12.1. The molecule has 0 spiro atoms. The average molecular weight is 266 g/mol. The molecule has 2 aromatic rings. The molecular weight excluding hydrogens is 252 g/mol. The average Bonchev–Trinajstić information content (AvgIpc) is 2.38. The largest absolute Gasteiger partial charge is 0.289 e. The van der Waals surface area contributed by atoms with E-state index in [1.807, 2.05) is 25.1 Å². The van der Waals surface area contributed by atoms with Gasteiger partial charge in [0.1, 0.15) is 11.6 Å². The number of pyridine rings is 2. The van der Waals surface area contributed by atoms with Crippen molar-refractivity contribution in [3.63, 3.8) is 0 Å². The summed E-state index contributed by atoms with van der Waals surface area (Å²) < 4.78 is 1.22. The van der Waals surface area contributed by atoms with Crippen molar-refractivity contribution < 1.29 is 0 Å². The molecule has 0 bridgehead atoms. The van der Waals surface area contributed by atoms with Gasteiger partial charge in [-0.3, -0.25) is 9.78 Å². The second kappa shape index (κ2) is 5.49. The lowest BCUT2D eigenvalue weighted by atomic mass is 10.1. The van der Waals surface area contributed by atoms with E-state index in [1.54, 1.807) is 26.0 Å². The first-order valence-electron chi connectivity index (χ1n) is 6.14. The Hall–Kier alpha value is -2.74. The molecule has 0 N–H and O–H groups in total. The van der Waals surface area contributed by atoms with Crippen LogP contribution in [0.3, 0.4) is 0 Å². The number of aryl methyl sites for hydroxylation is 3. The first-order chi connectivity index (χ1) is 9.52. The van der Waals surface area contributed by atoms with Gasteiger partial charge in [-0.1, -0.05) is 6.07 Å². The number of aromatic nitrogens is 2. The Labute approximate surface area is 116 Å². The second-order valence-electron chi connectivity index (χ2n) is 4.52. The maximum Gasteiger partial charge on any atom is 0.289 e. The van der Waals surface area contributed by atoms with Gasteiger partial charge in [0.15, 0.2) is 0 Å². The molecule has 0 atom stereocenters. The van der Waals surface area contributed by atoms with Crippen LogP contribution in [0.5, 0.6) is 0 Å². The quantitative estimate of drug-likeness (QED) is 0.780. The van der Waals surface area contributed by atoms with Crippen LogP contribution in [0.25, 0.3) is 0 Å². The molecule has 0 amide bonds. The van der Waals surface area contributed by atoms with Gasteiger partial charge in [-0.05, 0) is 44.5 Å². The van der Waals surface area contributed by atoms with E-state index < -0.39 is 5.56 Å². The molecule has 5 nitrogen and oxygen atoms in total. The van der Waals surface area contributed by atoms with Crippen LogP contribution in [0.2, 0.25) is 0 Å². The highest BCUT2D eigenvalue weighted by atomic mass is 16.1. The Kier molecular flexibility index (Phi) is 3.76. The van der Waals surface area contributed by atoms with E-state index in [4.69, 9.17) is 5.26 Å². The summed E-state index contributed by atoms with van der Waals surface area (Å²) in [5.41, 5.74) is 2.58. The molecule has 2 aromatic heterocycles. The van der Waals surface area contributed by atoms with E-state index in [9.17, 15) is 4.79 Å². The van der Waals surface area contributed by atoms with Gasteiger partial charge in [0, 0.05) is 11.4 Å². The molecule has 0 aliphatic rings. The smallest absolute Gasteiger partial charge is 0.266 e. The standard InChI is InChI=1S/C15H14N4O/c1-10-7-12(3)19(15(20)14(10)8-16)17-9-13-6-4-5-11(2)18-13/h4-7,9H,1-3H3/b17-9-. The SMILES string of the molecule is Cc1cccc(/C=N\n2c(C)cc(C)c(C#N)c2=O)n1. The van der Waals surface area contributed by atoms with Gasteiger partial charge in [0.25, 0.3) is 5.56 Å². The molecule has 5 heteroatoms. The highest BCUT2D eigenvalue weighted by molar-refractivity contribution is 5.76. The molecule has 2 rings (SSSR count). The first kappa shape index (κ1) is 13.7. The van der Waals surface area contributed by atoms with Crippen LogP contribution in [-0.4, -0.2) is 15.9 Å². The van der Waals surface area contributed by atoms with E-state index in [-0.39, 0.29) is 5.56 Å². The predicted octanol–water partition coefficient (Wildman–Crippen LogP) is 1.92. The summed E-state index contributed by atoms with van der Waals surface area (Å²) in [4.78, 5) is 16.4. The number of hydrogen-bond acceptors (Lipinski definition) is 4. The number of rotatable bonds is 2. The third-order valence-corrected chi connectivity index (χ3v) is 2.89. The van der Waals surface area contributed by atoms with Crippen LogP contribution in [0.1, 0.15) is 28.2 Å². The summed E-state index contributed by atoms with van der Waals surface area (Å²) in [5, 5.41) is 13.1. The lowest BCUT2D eigenvalue weighted by Crippen LogP contribution is -2.22. The van der Waals surface area contributed by atoms with Gasteiger partial charge in [0.2, 0.25) is 0 Å². The van der Waals surface area contributed by atoms with E-state index >= 15 is 0 Å². The molecule has 0 aliphatic carbocycles. The van der Waals surface area contributed by atoms with Crippen LogP contribution in [0.4, 0.5) is 0 Å². The van der Waals surface area contributed by atoms with Crippen molar-refractivity contribution >= 4 is 6.21 Å². The third-order valence-electron chi connectivity index (χ3n) is 2.89. The van der Waals surface area contributed by atoms with E-state index in [0.717, 1.165) is 5.69 Å². The molecule has 0 aliphatic heterocycles. The van der Waals surface area contributed by atoms with Crippen LogP contribution in [0.15, 0.2) is 34.2 Å². The molecule has 100 valence electrons. The van der Waals surface area contributed by atoms with Crippen LogP contribution >= 0.6 is 0 Å². The Morgan fingerprint density at radius 1 is 1.35 bits per heavy atom. The second-order valence-corrected chi connectivity index (χ2v) is 4.52. The zero-order valence-electron chi connectivity index (χ0n) is 11.6. The van der Waals surface area contributed by atoms with Gasteiger partial charge in [-0.2, -0.15) is 10.4 Å². The summed E-state index contributed by atoms with van der Waals surface area (Å²) in [6, 6.07) is 9.24. The Bertz CT molecular complexity index is 781. The molecule has 0 fully saturated rings. The Morgan fingerprint density at radius 3 is 2.75 bits per heavy atom. The van der Waals surface area contributed by atoms with Crippen molar-refractivity contribution in [2.24, 2.45) is 5.10 Å². The molecule has 0 saturated carbocycles. The van der Waals surface area contributed by atoms with Crippen molar-refractivity contribution in [1.82, 2.24) is 9.66 Å².